The second-order valence-corrected chi connectivity index (χ2v) is 7.59. The normalized spacial score (nSPS) is 10.8. The first-order chi connectivity index (χ1) is 14.4. The van der Waals surface area contributed by atoms with Crippen LogP contribution in [0.4, 0.5) is 10.1 Å². The predicted octanol–water partition coefficient (Wildman–Crippen LogP) is 4.27. The van der Waals surface area contributed by atoms with Gasteiger partial charge in [-0.2, -0.15) is 5.10 Å². The summed E-state index contributed by atoms with van der Waals surface area (Å²) in [4.78, 5) is 29.4. The standard InChI is InChI=1S/C22H17FN4O2S/c1-13-20(30-22(24-13)14-7-3-5-9-16(14)23)21(29)25-17-10-6-4-8-15(17)18-11-12-19(28)27(2)26-18/h3-12H,1-2H3,(H,25,29). The molecule has 4 aromatic rings. The zero-order chi connectivity index (χ0) is 21.3. The summed E-state index contributed by atoms with van der Waals surface area (Å²) < 4.78 is 15.3. The molecule has 6 nitrogen and oxygen atoms in total. The third-order valence-electron chi connectivity index (χ3n) is 4.52. The van der Waals surface area contributed by atoms with E-state index in [0.29, 0.717) is 38.1 Å². The number of anilines is 1. The fourth-order valence-electron chi connectivity index (χ4n) is 3.00. The highest BCUT2D eigenvalue weighted by molar-refractivity contribution is 7.17. The number of hydrogen-bond donors (Lipinski definition) is 1. The van der Waals surface area contributed by atoms with E-state index >= 15 is 0 Å². The zero-order valence-electron chi connectivity index (χ0n) is 16.2. The van der Waals surface area contributed by atoms with Gasteiger partial charge < -0.3 is 5.32 Å². The molecule has 0 aliphatic rings. The molecule has 1 N–H and O–H groups in total. The molecule has 150 valence electrons. The Hall–Kier alpha value is -3.65. The number of para-hydroxylation sites is 1. The number of rotatable bonds is 4. The van der Waals surface area contributed by atoms with Crippen molar-refractivity contribution in [2.75, 3.05) is 5.32 Å². The van der Waals surface area contributed by atoms with Gasteiger partial charge in [-0.15, -0.1) is 11.3 Å². The van der Waals surface area contributed by atoms with Gasteiger partial charge in [0, 0.05) is 24.2 Å². The summed E-state index contributed by atoms with van der Waals surface area (Å²) in [5.41, 5.74) is 2.45. The van der Waals surface area contributed by atoms with Crippen molar-refractivity contribution in [2.24, 2.45) is 7.05 Å². The summed E-state index contributed by atoms with van der Waals surface area (Å²) in [6.07, 6.45) is 0. The number of amides is 1. The second kappa shape index (κ2) is 8.00. The van der Waals surface area contributed by atoms with Gasteiger partial charge in [0.1, 0.15) is 15.7 Å². The summed E-state index contributed by atoms with van der Waals surface area (Å²) in [6, 6.07) is 16.6. The van der Waals surface area contributed by atoms with Crippen molar-refractivity contribution in [3.05, 3.63) is 87.4 Å². The van der Waals surface area contributed by atoms with Gasteiger partial charge in [0.25, 0.3) is 11.5 Å². The van der Waals surface area contributed by atoms with Gasteiger partial charge in [0.15, 0.2) is 0 Å². The van der Waals surface area contributed by atoms with Crippen LogP contribution in [0.1, 0.15) is 15.4 Å². The van der Waals surface area contributed by atoms with E-state index in [1.54, 1.807) is 50.4 Å². The van der Waals surface area contributed by atoms with E-state index in [9.17, 15) is 14.0 Å². The van der Waals surface area contributed by atoms with Crippen molar-refractivity contribution >= 4 is 22.9 Å². The number of nitrogens with one attached hydrogen (secondary N) is 1. The van der Waals surface area contributed by atoms with Gasteiger partial charge in [-0.1, -0.05) is 30.3 Å². The van der Waals surface area contributed by atoms with E-state index in [2.05, 4.69) is 15.4 Å². The molecule has 0 aliphatic heterocycles. The number of benzene rings is 2. The minimum Gasteiger partial charge on any atom is -0.321 e. The minimum absolute atomic E-state index is 0.221. The van der Waals surface area contributed by atoms with Crippen LogP contribution in [0.5, 0.6) is 0 Å². The molecule has 0 fully saturated rings. The maximum Gasteiger partial charge on any atom is 0.267 e. The molecule has 2 aromatic heterocycles. The van der Waals surface area contributed by atoms with Crippen LogP contribution in [0, 0.1) is 12.7 Å². The van der Waals surface area contributed by atoms with Crippen molar-refractivity contribution in [1.82, 2.24) is 14.8 Å². The van der Waals surface area contributed by atoms with Crippen LogP contribution in [0.3, 0.4) is 0 Å². The Morgan fingerprint density at radius 2 is 1.73 bits per heavy atom. The van der Waals surface area contributed by atoms with Gasteiger partial charge in [-0.05, 0) is 31.2 Å². The van der Waals surface area contributed by atoms with Crippen molar-refractivity contribution in [3.63, 3.8) is 0 Å². The molecular formula is C22H17FN4O2S. The Kier molecular flexibility index (Phi) is 5.24. The molecule has 0 radical (unpaired) electrons. The molecular weight excluding hydrogens is 403 g/mol. The Balaban J connectivity index is 1.67. The predicted molar refractivity (Wildman–Crippen MR) is 115 cm³/mol. The average Bonchev–Trinajstić information content (AvgIpc) is 3.12. The summed E-state index contributed by atoms with van der Waals surface area (Å²) in [5, 5.41) is 7.59. The maximum atomic E-state index is 14.1. The molecule has 0 atom stereocenters. The highest BCUT2D eigenvalue weighted by Crippen LogP contribution is 2.31. The molecule has 0 aliphatic carbocycles. The fraction of sp³-hybridized carbons (Fsp3) is 0.0909. The average molecular weight is 420 g/mol. The Labute approximate surface area is 175 Å². The maximum absolute atomic E-state index is 14.1. The third kappa shape index (κ3) is 3.77. The lowest BCUT2D eigenvalue weighted by molar-refractivity contribution is 0.103. The van der Waals surface area contributed by atoms with Crippen LogP contribution in [-0.4, -0.2) is 20.7 Å². The smallest absolute Gasteiger partial charge is 0.267 e. The van der Waals surface area contributed by atoms with Gasteiger partial charge in [-0.25, -0.2) is 14.1 Å². The summed E-state index contributed by atoms with van der Waals surface area (Å²) in [6.45, 7) is 1.72. The monoisotopic (exact) mass is 420 g/mol. The summed E-state index contributed by atoms with van der Waals surface area (Å²) >= 11 is 1.14. The number of nitrogens with zero attached hydrogens (tertiary/aromatic N) is 3. The number of hydrogen-bond acceptors (Lipinski definition) is 5. The molecule has 4 rings (SSSR count). The van der Waals surface area contributed by atoms with E-state index in [1.807, 2.05) is 12.1 Å². The van der Waals surface area contributed by atoms with E-state index in [0.717, 1.165) is 11.3 Å². The van der Waals surface area contributed by atoms with Crippen molar-refractivity contribution in [2.45, 2.75) is 6.92 Å². The van der Waals surface area contributed by atoms with Gasteiger partial charge in [0.2, 0.25) is 0 Å². The summed E-state index contributed by atoms with van der Waals surface area (Å²) in [7, 11) is 1.57. The molecule has 0 spiro atoms. The number of halogens is 1. The van der Waals surface area contributed by atoms with Gasteiger partial charge >= 0.3 is 0 Å². The lowest BCUT2D eigenvalue weighted by Gasteiger charge is -2.10. The van der Waals surface area contributed by atoms with Gasteiger partial charge in [0.05, 0.1) is 17.1 Å². The molecule has 0 saturated carbocycles. The molecule has 0 unspecified atom stereocenters. The number of carbonyl (C=O) groups is 1. The molecule has 8 heteroatoms. The first-order valence-electron chi connectivity index (χ1n) is 9.11. The SMILES string of the molecule is Cc1nc(-c2ccccc2F)sc1C(=O)Nc1ccccc1-c1ccc(=O)n(C)n1. The third-order valence-corrected chi connectivity index (χ3v) is 5.71. The van der Waals surface area contributed by atoms with Crippen molar-refractivity contribution in [1.29, 1.82) is 0 Å². The Bertz CT molecular complexity index is 1310. The van der Waals surface area contributed by atoms with Crippen LogP contribution in [-0.2, 0) is 7.05 Å². The first-order valence-corrected chi connectivity index (χ1v) is 9.93. The lowest BCUT2D eigenvalue weighted by atomic mass is 10.1. The lowest BCUT2D eigenvalue weighted by Crippen LogP contribution is -2.18. The Morgan fingerprint density at radius 3 is 2.47 bits per heavy atom. The zero-order valence-corrected chi connectivity index (χ0v) is 17.0. The van der Waals surface area contributed by atoms with Crippen molar-refractivity contribution in [3.8, 4) is 21.8 Å². The topological polar surface area (TPSA) is 76.9 Å². The highest BCUT2D eigenvalue weighted by Gasteiger charge is 2.19. The first kappa shape index (κ1) is 19.7. The van der Waals surface area contributed by atoms with Crippen LogP contribution in [0.25, 0.3) is 21.8 Å². The second-order valence-electron chi connectivity index (χ2n) is 6.59. The number of aromatic nitrogens is 3. The van der Waals surface area contributed by atoms with Crippen LogP contribution in [0.15, 0.2) is 65.5 Å². The van der Waals surface area contributed by atoms with Crippen LogP contribution >= 0.6 is 11.3 Å². The van der Waals surface area contributed by atoms with Crippen LogP contribution < -0.4 is 10.9 Å². The molecule has 0 bridgehead atoms. The molecule has 1 amide bonds. The molecule has 0 saturated heterocycles. The Morgan fingerprint density at radius 1 is 1.03 bits per heavy atom. The van der Waals surface area contributed by atoms with Gasteiger partial charge in [-0.3, -0.25) is 9.59 Å². The summed E-state index contributed by atoms with van der Waals surface area (Å²) in [5.74, 6) is -0.728. The van der Waals surface area contributed by atoms with E-state index in [-0.39, 0.29) is 17.3 Å². The van der Waals surface area contributed by atoms with E-state index < -0.39 is 0 Å². The van der Waals surface area contributed by atoms with E-state index in [4.69, 9.17) is 0 Å². The molecule has 2 heterocycles. The highest BCUT2D eigenvalue weighted by atomic mass is 32.1. The van der Waals surface area contributed by atoms with Crippen LogP contribution in [0.2, 0.25) is 0 Å². The molecule has 2 aromatic carbocycles. The number of carbonyl (C=O) groups excluding carboxylic acids is 1. The number of thiazole rings is 1. The number of aryl methyl sites for hydroxylation is 2. The van der Waals surface area contributed by atoms with Crippen molar-refractivity contribution < 1.29 is 9.18 Å². The molecule has 30 heavy (non-hydrogen) atoms. The fourth-order valence-corrected chi connectivity index (χ4v) is 3.99. The minimum atomic E-state index is -0.385. The quantitative estimate of drug-likeness (QED) is 0.535. The largest absolute Gasteiger partial charge is 0.321 e. The van der Waals surface area contributed by atoms with E-state index in [1.165, 1.54) is 16.8 Å².